The van der Waals surface area contributed by atoms with Crippen LogP contribution in [0.2, 0.25) is 0 Å². The highest BCUT2D eigenvalue weighted by molar-refractivity contribution is 5.98. The fourth-order valence-electron chi connectivity index (χ4n) is 3.56. The average Bonchev–Trinajstić information content (AvgIpc) is 3.54. The minimum atomic E-state index is -4.42. The smallest absolute Gasteiger partial charge is 0.391 e. The number of hydrogen-bond acceptors (Lipinski definition) is 5. The van der Waals surface area contributed by atoms with Crippen LogP contribution in [0.15, 0.2) is 46.3 Å². The molecule has 0 unspecified atom stereocenters. The molecule has 0 spiro atoms. The Morgan fingerprint density at radius 1 is 1.22 bits per heavy atom. The predicted molar refractivity (Wildman–Crippen MR) is 112 cm³/mol. The average molecular weight is 445 g/mol. The normalized spacial score (nSPS) is 14.6. The first-order valence-electron chi connectivity index (χ1n) is 10.1. The van der Waals surface area contributed by atoms with Crippen molar-refractivity contribution in [3.05, 3.63) is 74.7 Å². The molecule has 168 valence electrons. The monoisotopic (exact) mass is 445 g/mol. The van der Waals surface area contributed by atoms with Crippen molar-refractivity contribution in [1.82, 2.24) is 19.8 Å². The highest BCUT2D eigenvalue weighted by atomic mass is 19.4. The van der Waals surface area contributed by atoms with E-state index in [4.69, 9.17) is 4.84 Å². The van der Waals surface area contributed by atoms with Gasteiger partial charge in [-0.25, -0.2) is 4.79 Å². The van der Waals surface area contributed by atoms with E-state index in [1.165, 1.54) is 13.1 Å². The van der Waals surface area contributed by atoms with Crippen LogP contribution in [0.5, 0.6) is 0 Å². The van der Waals surface area contributed by atoms with Crippen molar-refractivity contribution in [2.24, 2.45) is 12.2 Å². The third-order valence-electron chi connectivity index (χ3n) is 5.54. The summed E-state index contributed by atoms with van der Waals surface area (Å²) in [6, 6.07) is 9.66. The summed E-state index contributed by atoms with van der Waals surface area (Å²) in [5.41, 5.74) is 2.01. The van der Waals surface area contributed by atoms with Gasteiger partial charge in [-0.1, -0.05) is 29.4 Å². The van der Waals surface area contributed by atoms with Gasteiger partial charge < -0.3 is 4.84 Å². The molecule has 0 amide bonds. The van der Waals surface area contributed by atoms with Gasteiger partial charge >= 0.3 is 11.9 Å². The van der Waals surface area contributed by atoms with Crippen molar-refractivity contribution in [1.29, 1.82) is 0 Å². The molecule has 1 aromatic heterocycles. The number of benzene rings is 2. The lowest BCUT2D eigenvalue weighted by Crippen LogP contribution is -2.23. The van der Waals surface area contributed by atoms with Crippen LogP contribution < -0.4 is 5.69 Å². The van der Waals surface area contributed by atoms with Gasteiger partial charge in [0.1, 0.15) is 6.61 Å². The molecule has 1 aliphatic rings. The Morgan fingerprint density at radius 3 is 2.59 bits per heavy atom. The van der Waals surface area contributed by atoms with Gasteiger partial charge in [0.05, 0.1) is 17.0 Å². The zero-order valence-electron chi connectivity index (χ0n) is 17.8. The molecule has 0 N–H and O–H groups in total. The van der Waals surface area contributed by atoms with Crippen LogP contribution in [0.25, 0.3) is 5.69 Å². The number of rotatable bonds is 6. The zero-order chi connectivity index (χ0) is 23.0. The fourth-order valence-corrected chi connectivity index (χ4v) is 3.56. The number of aryl methyl sites for hydroxylation is 2. The largest absolute Gasteiger partial charge is 0.416 e. The van der Waals surface area contributed by atoms with Crippen LogP contribution in [0.4, 0.5) is 13.2 Å². The van der Waals surface area contributed by atoms with E-state index in [9.17, 15) is 18.0 Å². The molecule has 32 heavy (non-hydrogen) atoms. The number of halogens is 3. The van der Waals surface area contributed by atoms with Gasteiger partial charge in [-0.3, -0.25) is 0 Å². The number of hydrogen-bond donors (Lipinski definition) is 0. The summed E-state index contributed by atoms with van der Waals surface area (Å²) >= 11 is 0. The molecular weight excluding hydrogens is 423 g/mol. The quantitative estimate of drug-likeness (QED) is 0.423. The summed E-state index contributed by atoms with van der Waals surface area (Å²) in [4.78, 5) is 17.7. The maximum atomic E-state index is 13.5. The number of aromatic nitrogens is 4. The number of nitrogens with zero attached hydrogens (tertiary/aromatic N) is 5. The molecule has 2 aromatic carbocycles. The van der Waals surface area contributed by atoms with Crippen molar-refractivity contribution in [3.8, 4) is 5.69 Å². The van der Waals surface area contributed by atoms with Crippen molar-refractivity contribution < 1.29 is 18.0 Å². The Hall–Kier alpha value is -3.43. The minimum absolute atomic E-state index is 0.00858. The summed E-state index contributed by atoms with van der Waals surface area (Å²) in [6.45, 7) is 3.46. The molecule has 3 aromatic rings. The second-order valence-corrected chi connectivity index (χ2v) is 7.89. The summed E-state index contributed by atoms with van der Waals surface area (Å²) in [5, 5.41) is 11.6. The molecule has 1 saturated carbocycles. The SMILES string of the molecule is CC(=NOCc1c(C)cccc1-n1nnn(C)c1=O)c1ccc(C2CC2)c(C(F)(F)F)c1. The lowest BCUT2D eigenvalue weighted by atomic mass is 9.98. The van der Waals surface area contributed by atoms with Crippen LogP contribution >= 0.6 is 0 Å². The molecule has 10 heteroatoms. The van der Waals surface area contributed by atoms with Gasteiger partial charge in [-0.2, -0.15) is 22.5 Å². The third kappa shape index (κ3) is 4.30. The molecule has 4 rings (SSSR count). The maximum Gasteiger partial charge on any atom is 0.416 e. The second-order valence-electron chi connectivity index (χ2n) is 7.89. The van der Waals surface area contributed by atoms with Crippen molar-refractivity contribution >= 4 is 5.71 Å². The highest BCUT2D eigenvalue weighted by Crippen LogP contribution is 2.46. The van der Waals surface area contributed by atoms with E-state index in [1.807, 2.05) is 13.0 Å². The van der Waals surface area contributed by atoms with Crippen molar-refractivity contribution in [2.75, 3.05) is 0 Å². The molecule has 1 aliphatic carbocycles. The first kappa shape index (κ1) is 21.8. The van der Waals surface area contributed by atoms with Gasteiger partial charge in [0, 0.05) is 12.6 Å². The summed E-state index contributed by atoms with van der Waals surface area (Å²) in [5.74, 6) is -0.0156. The summed E-state index contributed by atoms with van der Waals surface area (Å²) in [6.07, 6.45) is -2.85. The van der Waals surface area contributed by atoms with Crippen molar-refractivity contribution in [2.45, 2.75) is 45.4 Å². The summed E-state index contributed by atoms with van der Waals surface area (Å²) in [7, 11) is 1.50. The van der Waals surface area contributed by atoms with Crippen LogP contribution in [-0.4, -0.2) is 25.5 Å². The lowest BCUT2D eigenvalue weighted by Gasteiger charge is -2.14. The van der Waals surface area contributed by atoms with Gasteiger partial charge in [-0.05, 0) is 71.9 Å². The first-order valence-corrected chi connectivity index (χ1v) is 10.1. The molecule has 0 atom stereocenters. The van der Waals surface area contributed by atoms with Crippen LogP contribution in [0, 0.1) is 6.92 Å². The Bertz CT molecular complexity index is 1240. The molecule has 0 aliphatic heterocycles. The Labute approximate surface area is 182 Å². The van der Waals surface area contributed by atoms with Gasteiger partial charge in [0.15, 0.2) is 0 Å². The van der Waals surface area contributed by atoms with Gasteiger partial charge in [0.2, 0.25) is 0 Å². The number of oxime groups is 1. The molecule has 0 radical (unpaired) electrons. The highest BCUT2D eigenvalue weighted by Gasteiger charge is 2.38. The zero-order valence-corrected chi connectivity index (χ0v) is 17.8. The van der Waals surface area contributed by atoms with E-state index < -0.39 is 17.4 Å². The van der Waals surface area contributed by atoms with Gasteiger partial charge in [-0.15, -0.1) is 0 Å². The predicted octanol–water partition coefficient (Wildman–Crippen LogP) is 4.11. The topological polar surface area (TPSA) is 74.3 Å². The molecule has 1 fully saturated rings. The van der Waals surface area contributed by atoms with E-state index in [1.54, 1.807) is 25.1 Å². The van der Waals surface area contributed by atoms with Gasteiger partial charge in [0.25, 0.3) is 0 Å². The number of alkyl halides is 3. The molecule has 1 heterocycles. The van der Waals surface area contributed by atoms with Crippen LogP contribution in [0.3, 0.4) is 0 Å². The minimum Gasteiger partial charge on any atom is -0.391 e. The third-order valence-corrected chi connectivity index (χ3v) is 5.54. The van der Waals surface area contributed by atoms with Crippen LogP contribution in [0.1, 0.15) is 53.5 Å². The molecule has 0 saturated heterocycles. The van der Waals surface area contributed by atoms with E-state index in [-0.39, 0.29) is 12.5 Å². The molecular formula is C22H22F3N5O2. The van der Waals surface area contributed by atoms with Crippen LogP contribution in [-0.2, 0) is 24.7 Å². The molecule has 7 nitrogen and oxygen atoms in total. The Morgan fingerprint density at radius 2 is 1.97 bits per heavy atom. The van der Waals surface area contributed by atoms with E-state index >= 15 is 0 Å². The van der Waals surface area contributed by atoms with E-state index in [2.05, 4.69) is 15.6 Å². The number of tetrazole rings is 1. The first-order chi connectivity index (χ1) is 15.2. The van der Waals surface area contributed by atoms with Crippen molar-refractivity contribution in [3.63, 3.8) is 0 Å². The second kappa shape index (κ2) is 8.25. The fraction of sp³-hybridized carbons (Fsp3) is 0.364. The van der Waals surface area contributed by atoms with E-state index in [0.29, 0.717) is 28.1 Å². The maximum absolute atomic E-state index is 13.5. The summed E-state index contributed by atoms with van der Waals surface area (Å²) < 4.78 is 42.8. The Kier molecular flexibility index (Phi) is 5.62. The Balaban J connectivity index is 1.58. The lowest BCUT2D eigenvalue weighted by molar-refractivity contribution is -0.138. The standard InChI is InChI=1S/C22H22F3N5O2/c1-13-5-4-6-20(30-21(31)29(3)27-28-30)18(13)12-32-26-14(2)16-9-10-17(15-7-8-15)19(11-16)22(23,24)25/h4-6,9-11,15H,7-8,12H2,1-3H3. The van der Waals surface area contributed by atoms with E-state index in [0.717, 1.165) is 33.8 Å². The molecule has 0 bridgehead atoms.